The summed E-state index contributed by atoms with van der Waals surface area (Å²) in [5.41, 5.74) is 0.602. The van der Waals surface area contributed by atoms with Gasteiger partial charge in [-0.3, -0.25) is 10.1 Å². The van der Waals surface area contributed by atoms with Crippen molar-refractivity contribution >= 4 is 16.7 Å². The van der Waals surface area contributed by atoms with Gasteiger partial charge in [-0.2, -0.15) is 0 Å². The van der Waals surface area contributed by atoms with Gasteiger partial charge in [0.1, 0.15) is 17.1 Å². The summed E-state index contributed by atoms with van der Waals surface area (Å²) in [5.74, 6) is 0.887. The second kappa shape index (κ2) is 5.88. The summed E-state index contributed by atoms with van der Waals surface area (Å²) < 4.78 is 16.2. The van der Waals surface area contributed by atoms with Crippen LogP contribution < -0.4 is 4.74 Å². The van der Waals surface area contributed by atoms with Crippen molar-refractivity contribution in [2.75, 3.05) is 7.11 Å². The van der Waals surface area contributed by atoms with Crippen LogP contribution in [-0.2, 0) is 0 Å². The first kappa shape index (κ1) is 15.6. The predicted molar refractivity (Wildman–Crippen MR) is 89.8 cm³/mol. The number of non-ortho nitro benzene ring substituents is 1. The third-order valence-corrected chi connectivity index (χ3v) is 3.79. The van der Waals surface area contributed by atoms with Gasteiger partial charge >= 0.3 is 0 Å². The Hall–Kier alpha value is -3.88. The highest BCUT2D eigenvalue weighted by Gasteiger charge is 2.18. The third kappa shape index (κ3) is 2.61. The Balaban J connectivity index is 1.72. The molecule has 0 amide bonds. The molecular weight excluding hydrogens is 342 g/mol. The Bertz CT molecular complexity index is 1130. The zero-order valence-electron chi connectivity index (χ0n) is 13.4. The molecule has 0 aliphatic heterocycles. The molecule has 0 aliphatic carbocycles. The monoisotopic (exact) mass is 353 g/mol. The van der Waals surface area contributed by atoms with Crippen LogP contribution in [0.5, 0.6) is 11.5 Å². The maximum atomic E-state index is 10.8. The second-order valence-electron chi connectivity index (χ2n) is 5.39. The van der Waals surface area contributed by atoms with Crippen molar-refractivity contribution in [3.05, 3.63) is 52.6 Å². The van der Waals surface area contributed by atoms with Gasteiger partial charge in [0.15, 0.2) is 5.76 Å². The van der Waals surface area contributed by atoms with Crippen molar-refractivity contribution in [1.82, 2.24) is 10.2 Å². The standard InChI is InChI=1S/C17H11N3O6/c1-24-11-4-5-12(13(21)8-11)16-18-19-17(26-16)15-6-9-2-3-10(20(22)23)7-14(9)25-15/h2-8,21H,1H3. The van der Waals surface area contributed by atoms with Crippen molar-refractivity contribution in [2.24, 2.45) is 0 Å². The number of benzene rings is 2. The molecule has 2 heterocycles. The fourth-order valence-corrected chi connectivity index (χ4v) is 2.49. The van der Waals surface area contributed by atoms with Gasteiger partial charge in [-0.15, -0.1) is 10.2 Å². The van der Waals surface area contributed by atoms with Crippen molar-refractivity contribution in [3.8, 4) is 34.6 Å². The van der Waals surface area contributed by atoms with Gasteiger partial charge in [-0.25, -0.2) is 0 Å². The molecule has 0 unspecified atom stereocenters. The maximum Gasteiger partial charge on any atom is 0.283 e. The van der Waals surface area contributed by atoms with Crippen LogP contribution in [0.25, 0.3) is 34.1 Å². The zero-order chi connectivity index (χ0) is 18.3. The van der Waals surface area contributed by atoms with Gasteiger partial charge in [-0.1, -0.05) is 0 Å². The molecule has 0 aliphatic rings. The third-order valence-electron chi connectivity index (χ3n) is 3.79. The van der Waals surface area contributed by atoms with Gasteiger partial charge in [0.25, 0.3) is 17.5 Å². The second-order valence-corrected chi connectivity index (χ2v) is 5.39. The lowest BCUT2D eigenvalue weighted by molar-refractivity contribution is -0.384. The van der Waals surface area contributed by atoms with Gasteiger partial charge in [0.2, 0.25) is 0 Å². The summed E-state index contributed by atoms with van der Waals surface area (Å²) in [4.78, 5) is 10.3. The van der Waals surface area contributed by atoms with Gasteiger partial charge in [0.05, 0.1) is 23.7 Å². The number of hydrogen-bond acceptors (Lipinski definition) is 8. The normalized spacial score (nSPS) is 11.0. The van der Waals surface area contributed by atoms with Crippen LogP contribution in [0.4, 0.5) is 5.69 Å². The first-order chi connectivity index (χ1) is 12.5. The Morgan fingerprint density at radius 1 is 1.08 bits per heavy atom. The number of hydrogen-bond donors (Lipinski definition) is 1. The van der Waals surface area contributed by atoms with Crippen LogP contribution in [0.15, 0.2) is 51.3 Å². The van der Waals surface area contributed by atoms with Crippen molar-refractivity contribution < 1.29 is 23.6 Å². The number of aromatic nitrogens is 2. The van der Waals surface area contributed by atoms with E-state index in [0.717, 1.165) is 0 Å². The lowest BCUT2D eigenvalue weighted by Crippen LogP contribution is -1.85. The number of nitrogens with zero attached hydrogens (tertiary/aromatic N) is 3. The molecular formula is C17H11N3O6. The van der Waals surface area contributed by atoms with E-state index in [1.165, 1.54) is 25.3 Å². The molecule has 0 saturated heterocycles. The van der Waals surface area contributed by atoms with Gasteiger partial charge in [0, 0.05) is 17.5 Å². The Labute approximate surface area is 145 Å². The molecule has 9 nitrogen and oxygen atoms in total. The van der Waals surface area contributed by atoms with E-state index in [1.807, 2.05) is 0 Å². The van der Waals surface area contributed by atoms with Crippen LogP contribution in [-0.4, -0.2) is 27.3 Å². The fourth-order valence-electron chi connectivity index (χ4n) is 2.49. The summed E-state index contributed by atoms with van der Waals surface area (Å²) >= 11 is 0. The minimum atomic E-state index is -0.501. The number of rotatable bonds is 4. The molecule has 0 saturated carbocycles. The molecule has 9 heteroatoms. The zero-order valence-corrected chi connectivity index (χ0v) is 13.4. The van der Waals surface area contributed by atoms with E-state index in [0.29, 0.717) is 22.3 Å². The van der Waals surface area contributed by atoms with Crippen molar-refractivity contribution in [3.63, 3.8) is 0 Å². The summed E-state index contributed by atoms with van der Waals surface area (Å²) in [6.07, 6.45) is 0. The van der Waals surface area contributed by atoms with E-state index in [1.54, 1.807) is 24.3 Å². The molecule has 4 aromatic rings. The Morgan fingerprint density at radius 2 is 1.88 bits per heavy atom. The van der Waals surface area contributed by atoms with Gasteiger partial charge in [-0.05, 0) is 24.3 Å². The lowest BCUT2D eigenvalue weighted by atomic mass is 10.2. The molecule has 4 rings (SSSR count). The number of ether oxygens (including phenoxy) is 1. The molecule has 0 fully saturated rings. The number of fused-ring (bicyclic) bond motifs is 1. The number of nitro benzene ring substituents is 1. The Kier molecular flexibility index (Phi) is 3.54. The summed E-state index contributed by atoms with van der Waals surface area (Å²) in [7, 11) is 1.49. The summed E-state index contributed by atoms with van der Waals surface area (Å²) in [6.45, 7) is 0. The number of phenolic OH excluding ortho intramolecular Hbond substituents is 1. The van der Waals surface area contributed by atoms with E-state index < -0.39 is 4.92 Å². The van der Waals surface area contributed by atoms with Gasteiger partial charge < -0.3 is 18.7 Å². The Morgan fingerprint density at radius 3 is 2.62 bits per heavy atom. The number of furan rings is 1. The molecule has 130 valence electrons. The van der Waals surface area contributed by atoms with Crippen molar-refractivity contribution in [1.29, 1.82) is 0 Å². The lowest BCUT2D eigenvalue weighted by Gasteiger charge is -2.02. The number of methoxy groups -OCH3 is 1. The quantitative estimate of drug-likeness (QED) is 0.434. The highest BCUT2D eigenvalue weighted by molar-refractivity contribution is 5.83. The average molecular weight is 353 g/mol. The highest BCUT2D eigenvalue weighted by atomic mass is 16.6. The maximum absolute atomic E-state index is 10.8. The number of nitro groups is 1. The fraction of sp³-hybridized carbons (Fsp3) is 0.0588. The highest BCUT2D eigenvalue weighted by Crippen LogP contribution is 2.34. The van der Waals surface area contributed by atoms with Crippen LogP contribution in [0.3, 0.4) is 0 Å². The molecule has 0 atom stereocenters. The van der Waals surface area contributed by atoms with Crippen molar-refractivity contribution in [2.45, 2.75) is 0 Å². The topological polar surface area (TPSA) is 125 Å². The molecule has 0 radical (unpaired) electrons. The summed E-state index contributed by atoms with van der Waals surface area (Å²) in [6, 6.07) is 10.6. The molecule has 26 heavy (non-hydrogen) atoms. The summed E-state index contributed by atoms with van der Waals surface area (Å²) in [5, 5.41) is 29.4. The van der Waals surface area contributed by atoms with E-state index in [4.69, 9.17) is 13.6 Å². The molecule has 0 spiro atoms. The first-order valence-corrected chi connectivity index (χ1v) is 7.44. The number of phenols is 1. The molecule has 2 aromatic carbocycles. The van der Waals surface area contributed by atoms with E-state index in [2.05, 4.69) is 10.2 Å². The predicted octanol–water partition coefficient (Wildman–Crippen LogP) is 3.77. The minimum Gasteiger partial charge on any atom is -0.507 e. The average Bonchev–Trinajstić information content (AvgIpc) is 3.27. The first-order valence-electron chi connectivity index (χ1n) is 7.44. The molecule has 1 N–H and O–H groups in total. The van der Waals surface area contributed by atoms with Crippen LogP contribution in [0, 0.1) is 10.1 Å². The minimum absolute atomic E-state index is 0.0696. The van der Waals surface area contributed by atoms with E-state index >= 15 is 0 Å². The van der Waals surface area contributed by atoms with E-state index in [-0.39, 0.29) is 29.0 Å². The molecule has 0 bridgehead atoms. The smallest absolute Gasteiger partial charge is 0.283 e. The number of aromatic hydroxyl groups is 1. The van der Waals surface area contributed by atoms with Crippen LogP contribution in [0.1, 0.15) is 0 Å². The largest absolute Gasteiger partial charge is 0.507 e. The van der Waals surface area contributed by atoms with Crippen LogP contribution in [0.2, 0.25) is 0 Å². The SMILES string of the molecule is COc1ccc(-c2nnc(-c3cc4ccc([N+](=O)[O-])cc4o3)o2)c(O)c1. The van der Waals surface area contributed by atoms with Crippen LogP contribution >= 0.6 is 0 Å². The molecule has 2 aromatic heterocycles. The van der Waals surface area contributed by atoms with E-state index in [9.17, 15) is 15.2 Å².